The highest BCUT2D eigenvalue weighted by Crippen LogP contribution is 2.50. The largest absolute Gasteiger partial charge is 0.326 e. The standard InChI is InChI=1S/C32H31Cl2FN4O3/c1-18(40)36-21-10-12-23(13-11-21)38-15-14-26-28(32(38)42)27(24-6-3-7-25(34)29(24)35)30(39(26)17-19-8-9-19)31(41)37-22-5-2-4-20(33)16-22/h2-7,10-13,16,19,26-28,30H,8-9,14-15,17H2,1H3,(H,36,40)(H,37,41)/t26-,27-,28+,30?/m0/s1. The zero-order valence-corrected chi connectivity index (χ0v) is 24.5. The predicted octanol–water partition coefficient (Wildman–Crippen LogP) is 6.33. The molecular weight excluding hydrogens is 578 g/mol. The highest BCUT2D eigenvalue weighted by atomic mass is 35.5. The second-order valence-corrected chi connectivity index (χ2v) is 12.2. The van der Waals surface area contributed by atoms with Crippen LogP contribution in [0.25, 0.3) is 0 Å². The average molecular weight is 610 g/mol. The van der Waals surface area contributed by atoms with Crippen LogP contribution >= 0.6 is 23.2 Å². The summed E-state index contributed by atoms with van der Waals surface area (Å²) in [7, 11) is 0. The van der Waals surface area contributed by atoms with Crippen LogP contribution in [0.2, 0.25) is 10.0 Å². The van der Waals surface area contributed by atoms with E-state index in [0.29, 0.717) is 47.5 Å². The van der Waals surface area contributed by atoms with E-state index >= 15 is 4.39 Å². The molecule has 2 heterocycles. The lowest BCUT2D eigenvalue weighted by atomic mass is 9.78. The molecule has 1 saturated carbocycles. The van der Waals surface area contributed by atoms with Gasteiger partial charge in [-0.2, -0.15) is 0 Å². The van der Waals surface area contributed by atoms with Crippen molar-refractivity contribution in [2.24, 2.45) is 11.8 Å². The fraction of sp³-hybridized carbons (Fsp3) is 0.344. The average Bonchev–Trinajstić information content (AvgIpc) is 3.71. The molecule has 2 aliphatic heterocycles. The van der Waals surface area contributed by atoms with Gasteiger partial charge in [0.1, 0.15) is 5.82 Å². The normalized spacial score (nSPS) is 23.9. The Kier molecular flexibility index (Phi) is 7.96. The number of piperidine rings is 1. The second kappa shape index (κ2) is 11.7. The van der Waals surface area contributed by atoms with E-state index in [0.717, 1.165) is 12.8 Å². The number of carbonyl (C=O) groups is 3. The van der Waals surface area contributed by atoms with Crippen molar-refractivity contribution >= 4 is 58.0 Å². The molecule has 0 radical (unpaired) electrons. The monoisotopic (exact) mass is 608 g/mol. The minimum atomic E-state index is -0.793. The Balaban J connectivity index is 1.40. The zero-order chi connectivity index (χ0) is 29.5. The predicted molar refractivity (Wildman–Crippen MR) is 162 cm³/mol. The third-order valence-electron chi connectivity index (χ3n) is 8.49. The number of amides is 3. The topological polar surface area (TPSA) is 81.8 Å². The van der Waals surface area contributed by atoms with Gasteiger partial charge in [0.15, 0.2) is 0 Å². The Labute approximate surface area is 254 Å². The van der Waals surface area contributed by atoms with Gasteiger partial charge in [0.2, 0.25) is 17.7 Å². The summed E-state index contributed by atoms with van der Waals surface area (Å²) < 4.78 is 15.8. The third kappa shape index (κ3) is 5.63. The molecule has 0 bridgehead atoms. The van der Waals surface area contributed by atoms with E-state index in [4.69, 9.17) is 23.2 Å². The molecule has 2 N–H and O–H groups in total. The molecule has 7 nitrogen and oxygen atoms in total. The van der Waals surface area contributed by atoms with Gasteiger partial charge in [-0.1, -0.05) is 41.4 Å². The summed E-state index contributed by atoms with van der Waals surface area (Å²) in [6.07, 6.45) is 2.75. The highest BCUT2D eigenvalue weighted by molar-refractivity contribution is 6.31. The Hall–Kier alpha value is -3.46. The van der Waals surface area contributed by atoms with E-state index < -0.39 is 23.7 Å². The quantitative estimate of drug-likeness (QED) is 0.328. The Morgan fingerprint density at radius 3 is 2.36 bits per heavy atom. The van der Waals surface area contributed by atoms with Crippen molar-refractivity contribution in [3.63, 3.8) is 0 Å². The van der Waals surface area contributed by atoms with Crippen LogP contribution in [0.3, 0.4) is 0 Å². The van der Waals surface area contributed by atoms with Gasteiger partial charge in [-0.25, -0.2) is 4.39 Å². The van der Waals surface area contributed by atoms with Crippen molar-refractivity contribution < 1.29 is 18.8 Å². The Morgan fingerprint density at radius 2 is 1.67 bits per heavy atom. The van der Waals surface area contributed by atoms with E-state index in [1.54, 1.807) is 65.6 Å². The maximum absolute atomic E-state index is 15.8. The number of likely N-dealkylation sites (tertiary alicyclic amines) is 1. The van der Waals surface area contributed by atoms with Crippen molar-refractivity contribution in [2.45, 2.75) is 44.2 Å². The van der Waals surface area contributed by atoms with Crippen molar-refractivity contribution in [2.75, 3.05) is 28.6 Å². The van der Waals surface area contributed by atoms with Gasteiger partial charge < -0.3 is 15.5 Å². The van der Waals surface area contributed by atoms with Crippen molar-refractivity contribution in [1.29, 1.82) is 0 Å². The Morgan fingerprint density at radius 1 is 0.929 bits per heavy atom. The van der Waals surface area contributed by atoms with Gasteiger partial charge in [-0.05, 0) is 79.3 Å². The number of hydrogen-bond acceptors (Lipinski definition) is 4. The maximum atomic E-state index is 15.8. The van der Waals surface area contributed by atoms with Crippen LogP contribution in [0, 0.1) is 17.7 Å². The summed E-state index contributed by atoms with van der Waals surface area (Å²) in [5, 5.41) is 6.16. The molecular formula is C32H31Cl2FN4O3. The van der Waals surface area contributed by atoms with Crippen molar-refractivity contribution in [1.82, 2.24) is 4.90 Å². The SMILES string of the molecule is CC(=O)Nc1ccc(N2CC[C@H]3[C@@H](C2=O)[C@H](c2cccc(Cl)c2F)C(C(=O)Nc2cccc(Cl)c2)N3CC2CC2)cc1. The van der Waals surface area contributed by atoms with E-state index in [2.05, 4.69) is 15.5 Å². The van der Waals surface area contributed by atoms with Crippen LogP contribution < -0.4 is 15.5 Å². The van der Waals surface area contributed by atoms with Gasteiger partial charge >= 0.3 is 0 Å². The van der Waals surface area contributed by atoms with Crippen LogP contribution in [0.1, 0.15) is 37.7 Å². The molecule has 3 fully saturated rings. The second-order valence-electron chi connectivity index (χ2n) is 11.4. The maximum Gasteiger partial charge on any atom is 0.242 e. The molecule has 0 spiro atoms. The number of fused-ring (bicyclic) bond motifs is 1. The minimum absolute atomic E-state index is 0.0487. The molecule has 1 aliphatic carbocycles. The van der Waals surface area contributed by atoms with Gasteiger partial charge in [-0.3, -0.25) is 19.3 Å². The summed E-state index contributed by atoms with van der Waals surface area (Å²) >= 11 is 12.4. The van der Waals surface area contributed by atoms with Crippen LogP contribution in [0.5, 0.6) is 0 Å². The number of hydrogen-bond donors (Lipinski definition) is 2. The molecule has 6 rings (SSSR count). The smallest absolute Gasteiger partial charge is 0.242 e. The molecule has 10 heteroatoms. The van der Waals surface area contributed by atoms with Crippen LogP contribution in [0.4, 0.5) is 21.5 Å². The third-order valence-corrected chi connectivity index (χ3v) is 9.02. The first kappa shape index (κ1) is 28.6. The Bertz CT molecular complexity index is 1530. The van der Waals surface area contributed by atoms with Gasteiger partial charge in [0.25, 0.3) is 0 Å². The van der Waals surface area contributed by atoms with Crippen molar-refractivity contribution in [3.05, 3.63) is 88.2 Å². The van der Waals surface area contributed by atoms with E-state index in [1.165, 1.54) is 13.0 Å². The minimum Gasteiger partial charge on any atom is -0.326 e. The van der Waals surface area contributed by atoms with Crippen LogP contribution in [-0.2, 0) is 14.4 Å². The lowest BCUT2D eigenvalue weighted by Gasteiger charge is -2.38. The fourth-order valence-corrected chi connectivity index (χ4v) is 6.91. The van der Waals surface area contributed by atoms with E-state index in [-0.39, 0.29) is 34.3 Å². The molecule has 3 amide bonds. The van der Waals surface area contributed by atoms with E-state index in [1.807, 2.05) is 0 Å². The van der Waals surface area contributed by atoms with Gasteiger partial charge in [-0.15, -0.1) is 0 Å². The first-order chi connectivity index (χ1) is 20.2. The summed E-state index contributed by atoms with van der Waals surface area (Å²) in [4.78, 5) is 43.8. The number of rotatable bonds is 7. The molecule has 42 heavy (non-hydrogen) atoms. The van der Waals surface area contributed by atoms with Crippen molar-refractivity contribution in [3.8, 4) is 0 Å². The summed E-state index contributed by atoms with van der Waals surface area (Å²) in [6, 6.07) is 17.7. The molecule has 1 unspecified atom stereocenters. The van der Waals surface area contributed by atoms with Crippen LogP contribution in [-0.4, -0.2) is 47.8 Å². The van der Waals surface area contributed by atoms with Gasteiger partial charge in [0, 0.05) is 54.1 Å². The zero-order valence-electron chi connectivity index (χ0n) is 23.0. The fourth-order valence-electron chi connectivity index (χ4n) is 6.54. The number of carbonyl (C=O) groups excluding carboxylic acids is 3. The number of nitrogens with zero attached hydrogens (tertiary/aromatic N) is 2. The molecule has 3 aromatic carbocycles. The molecule has 3 aliphatic rings. The molecule has 218 valence electrons. The lowest BCUT2D eigenvalue weighted by Crippen LogP contribution is -2.51. The lowest BCUT2D eigenvalue weighted by molar-refractivity contribution is -0.125. The number of halogens is 3. The number of anilines is 3. The number of nitrogens with one attached hydrogen (secondary N) is 2. The van der Waals surface area contributed by atoms with E-state index in [9.17, 15) is 14.4 Å². The summed E-state index contributed by atoms with van der Waals surface area (Å²) in [6.45, 7) is 2.55. The van der Waals surface area contributed by atoms with Gasteiger partial charge in [0.05, 0.1) is 17.0 Å². The van der Waals surface area contributed by atoms with Crippen LogP contribution in [0.15, 0.2) is 66.7 Å². The first-order valence-corrected chi connectivity index (χ1v) is 14.9. The molecule has 2 saturated heterocycles. The number of benzene rings is 3. The summed E-state index contributed by atoms with van der Waals surface area (Å²) in [5.74, 6) is -2.27. The molecule has 3 aromatic rings. The molecule has 4 atom stereocenters. The molecule has 0 aromatic heterocycles. The summed E-state index contributed by atoms with van der Waals surface area (Å²) in [5.41, 5.74) is 2.10. The first-order valence-electron chi connectivity index (χ1n) is 14.2. The highest BCUT2D eigenvalue weighted by Gasteiger charge is 2.58.